The number of aromatic nitrogens is 1. The van der Waals surface area contributed by atoms with Gasteiger partial charge in [0.15, 0.2) is 5.58 Å². The zero-order valence-electron chi connectivity index (χ0n) is 12.0. The summed E-state index contributed by atoms with van der Waals surface area (Å²) in [5.74, 6) is 0.364. The highest BCUT2D eigenvalue weighted by molar-refractivity contribution is 5.91. The Labute approximate surface area is 123 Å². The van der Waals surface area contributed by atoms with Crippen LogP contribution >= 0.6 is 0 Å². The molecule has 1 aromatic carbocycles. The van der Waals surface area contributed by atoms with Gasteiger partial charge in [0.2, 0.25) is 11.8 Å². The van der Waals surface area contributed by atoms with Crippen LogP contribution in [0.15, 0.2) is 34.8 Å². The maximum absolute atomic E-state index is 12.0. The molecule has 1 aromatic heterocycles. The molecule has 3 rings (SSSR count). The fourth-order valence-electron chi connectivity index (χ4n) is 2.41. The summed E-state index contributed by atoms with van der Waals surface area (Å²) in [5.41, 5.74) is 1.51. The van der Waals surface area contributed by atoms with Crippen molar-refractivity contribution in [3.05, 3.63) is 36.2 Å². The van der Waals surface area contributed by atoms with E-state index in [9.17, 15) is 4.79 Å². The summed E-state index contributed by atoms with van der Waals surface area (Å²) in [4.78, 5) is 18.0. The molecular formula is C16H18N2O3. The molecule has 0 saturated carbocycles. The number of carbonyl (C=O) groups is 1. The van der Waals surface area contributed by atoms with Crippen molar-refractivity contribution in [3.63, 3.8) is 0 Å². The van der Waals surface area contributed by atoms with Gasteiger partial charge in [-0.05, 0) is 25.0 Å². The number of oxazole rings is 1. The third kappa shape index (κ3) is 3.31. The molecular weight excluding hydrogens is 268 g/mol. The van der Waals surface area contributed by atoms with Crippen molar-refractivity contribution < 1.29 is 13.9 Å². The monoisotopic (exact) mass is 286 g/mol. The molecule has 21 heavy (non-hydrogen) atoms. The van der Waals surface area contributed by atoms with E-state index >= 15 is 0 Å². The number of rotatable bonds is 4. The van der Waals surface area contributed by atoms with Crippen LogP contribution in [0.1, 0.15) is 18.7 Å². The molecule has 0 bridgehead atoms. The Hall–Kier alpha value is -2.14. The Kier molecular flexibility index (Phi) is 4.01. The molecule has 1 amide bonds. The first kappa shape index (κ1) is 13.8. The minimum atomic E-state index is -0.0762. The number of likely N-dealkylation sites (N-methyl/N-ethyl adjacent to an activating group) is 1. The van der Waals surface area contributed by atoms with Gasteiger partial charge in [-0.15, -0.1) is 0 Å². The molecule has 1 fully saturated rings. The largest absolute Gasteiger partial charge is 0.437 e. The SMILES string of the molecule is CN(CC1CCCO1)C(=O)C=Cc1nc2ccccc2o1. The lowest BCUT2D eigenvalue weighted by Gasteiger charge is -2.19. The normalized spacial score (nSPS) is 18.6. The molecule has 1 saturated heterocycles. The van der Waals surface area contributed by atoms with E-state index in [0.717, 1.165) is 30.5 Å². The summed E-state index contributed by atoms with van der Waals surface area (Å²) in [6, 6.07) is 7.52. The van der Waals surface area contributed by atoms with Gasteiger partial charge in [0.1, 0.15) is 5.52 Å². The number of amides is 1. The van der Waals surface area contributed by atoms with Crippen LogP contribution < -0.4 is 0 Å². The van der Waals surface area contributed by atoms with E-state index in [1.165, 1.54) is 6.08 Å². The number of fused-ring (bicyclic) bond motifs is 1. The van der Waals surface area contributed by atoms with E-state index < -0.39 is 0 Å². The van der Waals surface area contributed by atoms with Gasteiger partial charge in [0.25, 0.3) is 0 Å². The van der Waals surface area contributed by atoms with Crippen LogP contribution in [0.2, 0.25) is 0 Å². The van der Waals surface area contributed by atoms with E-state index in [4.69, 9.17) is 9.15 Å². The fraction of sp³-hybridized carbons (Fsp3) is 0.375. The lowest BCUT2D eigenvalue weighted by molar-refractivity contribution is -0.126. The maximum Gasteiger partial charge on any atom is 0.246 e. The van der Waals surface area contributed by atoms with Crippen LogP contribution in [0.25, 0.3) is 17.2 Å². The summed E-state index contributed by atoms with van der Waals surface area (Å²) in [6.45, 7) is 1.42. The molecule has 1 unspecified atom stereocenters. The van der Waals surface area contributed by atoms with Crippen molar-refractivity contribution in [2.24, 2.45) is 0 Å². The van der Waals surface area contributed by atoms with Crippen LogP contribution in [-0.4, -0.2) is 42.1 Å². The zero-order chi connectivity index (χ0) is 14.7. The van der Waals surface area contributed by atoms with Crippen molar-refractivity contribution in [2.45, 2.75) is 18.9 Å². The number of hydrogen-bond acceptors (Lipinski definition) is 4. The first-order valence-corrected chi connectivity index (χ1v) is 7.13. The topological polar surface area (TPSA) is 55.6 Å². The molecule has 110 valence electrons. The molecule has 2 heterocycles. The predicted octanol–water partition coefficient (Wildman–Crippen LogP) is 2.48. The average Bonchev–Trinajstić information content (AvgIpc) is 3.13. The van der Waals surface area contributed by atoms with Crippen molar-refractivity contribution in [1.29, 1.82) is 0 Å². The fourth-order valence-corrected chi connectivity index (χ4v) is 2.41. The zero-order valence-corrected chi connectivity index (χ0v) is 12.0. The number of benzene rings is 1. The van der Waals surface area contributed by atoms with Gasteiger partial charge in [0, 0.05) is 32.4 Å². The standard InChI is InChI=1S/C16H18N2O3/c1-18(11-12-5-4-10-20-12)16(19)9-8-15-17-13-6-2-3-7-14(13)21-15/h2-3,6-9,12H,4-5,10-11H2,1H3. The Morgan fingerprint density at radius 1 is 1.48 bits per heavy atom. The van der Waals surface area contributed by atoms with Crippen LogP contribution in [0.5, 0.6) is 0 Å². The lowest BCUT2D eigenvalue weighted by atomic mass is 10.2. The Balaban J connectivity index is 1.62. The minimum absolute atomic E-state index is 0.0762. The number of nitrogens with zero attached hydrogens (tertiary/aromatic N) is 2. The van der Waals surface area contributed by atoms with E-state index in [0.29, 0.717) is 12.4 Å². The van der Waals surface area contributed by atoms with Crippen molar-refractivity contribution in [3.8, 4) is 0 Å². The van der Waals surface area contributed by atoms with Gasteiger partial charge >= 0.3 is 0 Å². The molecule has 0 aliphatic carbocycles. The lowest BCUT2D eigenvalue weighted by Crippen LogP contribution is -2.32. The first-order chi connectivity index (χ1) is 10.2. The number of carbonyl (C=O) groups excluding carboxylic acids is 1. The van der Waals surface area contributed by atoms with Crippen molar-refractivity contribution in [2.75, 3.05) is 20.2 Å². The number of hydrogen-bond donors (Lipinski definition) is 0. The third-order valence-corrected chi connectivity index (χ3v) is 3.56. The predicted molar refractivity (Wildman–Crippen MR) is 79.7 cm³/mol. The Morgan fingerprint density at radius 2 is 2.33 bits per heavy atom. The maximum atomic E-state index is 12.0. The van der Waals surface area contributed by atoms with Gasteiger partial charge < -0.3 is 14.1 Å². The molecule has 5 heteroatoms. The highest BCUT2D eigenvalue weighted by Gasteiger charge is 2.19. The second kappa shape index (κ2) is 6.10. The summed E-state index contributed by atoms with van der Waals surface area (Å²) in [5, 5.41) is 0. The van der Waals surface area contributed by atoms with Crippen LogP contribution in [0.3, 0.4) is 0 Å². The summed E-state index contributed by atoms with van der Waals surface area (Å²) in [6.07, 6.45) is 5.35. The van der Waals surface area contributed by atoms with E-state index in [-0.39, 0.29) is 12.0 Å². The highest BCUT2D eigenvalue weighted by atomic mass is 16.5. The molecule has 2 aromatic rings. The Morgan fingerprint density at radius 3 is 3.10 bits per heavy atom. The van der Waals surface area contributed by atoms with Gasteiger partial charge in [-0.25, -0.2) is 4.98 Å². The van der Waals surface area contributed by atoms with E-state index in [2.05, 4.69) is 4.98 Å². The van der Waals surface area contributed by atoms with Crippen molar-refractivity contribution >= 4 is 23.1 Å². The van der Waals surface area contributed by atoms with E-state index in [1.807, 2.05) is 24.3 Å². The minimum Gasteiger partial charge on any atom is -0.437 e. The second-order valence-corrected chi connectivity index (χ2v) is 5.21. The van der Waals surface area contributed by atoms with Gasteiger partial charge in [-0.2, -0.15) is 0 Å². The van der Waals surface area contributed by atoms with Crippen LogP contribution in [0, 0.1) is 0 Å². The molecule has 0 radical (unpaired) electrons. The second-order valence-electron chi connectivity index (χ2n) is 5.21. The molecule has 0 spiro atoms. The third-order valence-electron chi connectivity index (χ3n) is 3.56. The molecule has 1 aliphatic heterocycles. The van der Waals surface area contributed by atoms with Crippen molar-refractivity contribution in [1.82, 2.24) is 9.88 Å². The van der Waals surface area contributed by atoms with Gasteiger partial charge in [-0.3, -0.25) is 4.79 Å². The highest BCUT2D eigenvalue weighted by Crippen LogP contribution is 2.16. The molecule has 0 N–H and O–H groups in total. The smallest absolute Gasteiger partial charge is 0.246 e. The van der Waals surface area contributed by atoms with Gasteiger partial charge in [0.05, 0.1) is 6.10 Å². The molecule has 5 nitrogen and oxygen atoms in total. The summed E-state index contributed by atoms with van der Waals surface area (Å²) >= 11 is 0. The Bertz CT molecular complexity index is 623. The summed E-state index contributed by atoms with van der Waals surface area (Å²) < 4.78 is 11.1. The summed E-state index contributed by atoms with van der Waals surface area (Å²) in [7, 11) is 1.78. The first-order valence-electron chi connectivity index (χ1n) is 7.13. The average molecular weight is 286 g/mol. The van der Waals surface area contributed by atoms with E-state index in [1.54, 1.807) is 18.0 Å². The van der Waals surface area contributed by atoms with Gasteiger partial charge in [-0.1, -0.05) is 12.1 Å². The van der Waals surface area contributed by atoms with Crippen LogP contribution in [0.4, 0.5) is 0 Å². The van der Waals surface area contributed by atoms with Crippen LogP contribution in [-0.2, 0) is 9.53 Å². The molecule has 1 aliphatic rings. The molecule has 1 atom stereocenters. The quantitative estimate of drug-likeness (QED) is 0.810. The number of ether oxygens (including phenoxy) is 1. The number of para-hydroxylation sites is 2.